The highest BCUT2D eigenvalue weighted by Crippen LogP contribution is 2.51. The minimum Gasteiger partial charge on any atom is -0.481 e. The van der Waals surface area contributed by atoms with E-state index < -0.39 is 11.4 Å². The van der Waals surface area contributed by atoms with Crippen molar-refractivity contribution >= 4 is 5.97 Å². The Balaban J connectivity index is 1.78. The fraction of sp³-hybridized carbons (Fsp3) is 0.941. The number of rotatable bonds is 2. The lowest BCUT2D eigenvalue weighted by Gasteiger charge is -2.50. The molecule has 21 heavy (non-hydrogen) atoms. The van der Waals surface area contributed by atoms with E-state index >= 15 is 0 Å². The molecule has 0 aromatic carbocycles. The number of carboxylic acid groups (broad SMARTS) is 1. The highest BCUT2D eigenvalue weighted by atomic mass is 16.5. The Hall–Kier alpha value is -0.610. The van der Waals surface area contributed by atoms with Crippen molar-refractivity contribution in [2.75, 3.05) is 19.8 Å². The van der Waals surface area contributed by atoms with E-state index in [9.17, 15) is 9.90 Å². The third-order valence-electron chi connectivity index (χ3n) is 6.27. The molecular formula is C17H28O4. The number of ether oxygens (including phenoxy) is 2. The van der Waals surface area contributed by atoms with Crippen molar-refractivity contribution in [1.82, 2.24) is 0 Å². The summed E-state index contributed by atoms with van der Waals surface area (Å²) in [5.41, 5.74) is -0.603. The normalized spacial score (nSPS) is 40.0. The number of hydrogen-bond donors (Lipinski definition) is 1. The van der Waals surface area contributed by atoms with E-state index in [0.717, 1.165) is 71.2 Å². The van der Waals surface area contributed by atoms with Crippen molar-refractivity contribution in [3.05, 3.63) is 0 Å². The summed E-state index contributed by atoms with van der Waals surface area (Å²) in [6.45, 7) is 4.47. The number of carboxylic acids is 1. The molecule has 1 saturated carbocycles. The van der Waals surface area contributed by atoms with Gasteiger partial charge >= 0.3 is 5.97 Å². The van der Waals surface area contributed by atoms with E-state index in [1.807, 2.05) is 0 Å². The zero-order chi connectivity index (χ0) is 14.9. The van der Waals surface area contributed by atoms with Crippen LogP contribution in [0.25, 0.3) is 0 Å². The predicted molar refractivity (Wildman–Crippen MR) is 79.2 cm³/mol. The van der Waals surface area contributed by atoms with Gasteiger partial charge in [0, 0.05) is 19.8 Å². The van der Waals surface area contributed by atoms with Crippen molar-refractivity contribution in [1.29, 1.82) is 0 Å². The highest BCUT2D eigenvalue weighted by molar-refractivity contribution is 5.75. The van der Waals surface area contributed by atoms with Crippen molar-refractivity contribution in [3.8, 4) is 0 Å². The quantitative estimate of drug-likeness (QED) is 0.850. The molecule has 1 atom stereocenters. The SMILES string of the molecule is CC1CCC(C(=O)O)(C2CCOC3(CCOCC3)C2)CC1. The third-order valence-corrected chi connectivity index (χ3v) is 6.27. The molecule has 3 aliphatic rings. The summed E-state index contributed by atoms with van der Waals surface area (Å²) in [5, 5.41) is 9.95. The summed E-state index contributed by atoms with van der Waals surface area (Å²) in [6.07, 6.45) is 7.48. The molecule has 1 spiro atoms. The summed E-state index contributed by atoms with van der Waals surface area (Å²) in [4.78, 5) is 12.1. The van der Waals surface area contributed by atoms with Crippen LogP contribution in [0.3, 0.4) is 0 Å². The van der Waals surface area contributed by atoms with E-state index in [2.05, 4.69) is 6.92 Å². The molecule has 3 fully saturated rings. The molecule has 2 saturated heterocycles. The molecule has 120 valence electrons. The minimum absolute atomic E-state index is 0.104. The molecule has 1 unspecified atom stereocenters. The molecule has 0 bridgehead atoms. The van der Waals surface area contributed by atoms with Crippen LogP contribution in [0.1, 0.15) is 58.3 Å². The van der Waals surface area contributed by atoms with Crippen LogP contribution in [0, 0.1) is 17.3 Å². The van der Waals surface area contributed by atoms with Crippen LogP contribution in [-0.2, 0) is 14.3 Å². The first-order chi connectivity index (χ1) is 10.1. The highest BCUT2D eigenvalue weighted by Gasteiger charge is 2.52. The van der Waals surface area contributed by atoms with Gasteiger partial charge in [-0.1, -0.05) is 6.92 Å². The van der Waals surface area contributed by atoms with Gasteiger partial charge in [-0.2, -0.15) is 0 Å². The number of aliphatic carboxylic acids is 1. The van der Waals surface area contributed by atoms with Gasteiger partial charge in [0.2, 0.25) is 0 Å². The van der Waals surface area contributed by atoms with Gasteiger partial charge in [0.25, 0.3) is 0 Å². The molecule has 4 nitrogen and oxygen atoms in total. The standard InChI is InChI=1S/C17H28O4/c1-13-2-5-17(6-3-13,15(18)19)14-4-9-21-16(12-14)7-10-20-11-8-16/h13-14H,2-12H2,1H3,(H,18,19). The lowest BCUT2D eigenvalue weighted by atomic mass is 9.59. The van der Waals surface area contributed by atoms with Crippen LogP contribution in [0.15, 0.2) is 0 Å². The first-order valence-corrected chi connectivity index (χ1v) is 8.51. The molecular weight excluding hydrogens is 268 g/mol. The summed E-state index contributed by atoms with van der Waals surface area (Å²) >= 11 is 0. The molecule has 0 aromatic rings. The van der Waals surface area contributed by atoms with Crippen molar-refractivity contribution in [3.63, 3.8) is 0 Å². The molecule has 3 rings (SSSR count). The summed E-state index contributed by atoms with van der Waals surface area (Å²) in [7, 11) is 0. The molecule has 2 aliphatic heterocycles. The van der Waals surface area contributed by atoms with Crippen LogP contribution in [-0.4, -0.2) is 36.5 Å². The van der Waals surface area contributed by atoms with E-state index in [1.54, 1.807) is 0 Å². The molecule has 0 amide bonds. The van der Waals surface area contributed by atoms with E-state index in [1.165, 1.54) is 0 Å². The topological polar surface area (TPSA) is 55.8 Å². The zero-order valence-corrected chi connectivity index (χ0v) is 13.1. The molecule has 0 radical (unpaired) electrons. The van der Waals surface area contributed by atoms with Crippen molar-refractivity contribution in [2.24, 2.45) is 17.3 Å². The maximum atomic E-state index is 12.1. The third kappa shape index (κ3) is 2.85. The fourth-order valence-electron chi connectivity index (χ4n) is 4.67. The molecule has 2 heterocycles. The first-order valence-electron chi connectivity index (χ1n) is 8.51. The lowest BCUT2D eigenvalue weighted by Crippen LogP contribution is -2.51. The second kappa shape index (κ2) is 5.88. The summed E-state index contributed by atoms with van der Waals surface area (Å²) in [6, 6.07) is 0. The lowest BCUT2D eigenvalue weighted by molar-refractivity contribution is -0.180. The van der Waals surface area contributed by atoms with E-state index in [4.69, 9.17) is 9.47 Å². The smallest absolute Gasteiger partial charge is 0.309 e. The first kappa shape index (κ1) is 15.3. The van der Waals surface area contributed by atoms with Crippen molar-refractivity contribution in [2.45, 2.75) is 63.9 Å². The average molecular weight is 296 g/mol. The summed E-state index contributed by atoms with van der Waals surface area (Å²) in [5.74, 6) is 0.382. The molecule has 0 aromatic heterocycles. The van der Waals surface area contributed by atoms with Gasteiger partial charge in [0.1, 0.15) is 0 Å². The van der Waals surface area contributed by atoms with Gasteiger partial charge in [0.05, 0.1) is 11.0 Å². The Morgan fingerprint density at radius 3 is 2.33 bits per heavy atom. The average Bonchev–Trinajstić information content (AvgIpc) is 2.49. The van der Waals surface area contributed by atoms with Crippen LogP contribution in [0.4, 0.5) is 0 Å². The largest absolute Gasteiger partial charge is 0.481 e. The fourth-order valence-corrected chi connectivity index (χ4v) is 4.67. The van der Waals surface area contributed by atoms with Gasteiger partial charge in [-0.05, 0) is 63.2 Å². The van der Waals surface area contributed by atoms with E-state index in [0.29, 0.717) is 5.92 Å². The Labute approximate surface area is 127 Å². The van der Waals surface area contributed by atoms with Crippen LogP contribution < -0.4 is 0 Å². The van der Waals surface area contributed by atoms with Crippen molar-refractivity contribution < 1.29 is 19.4 Å². The second-order valence-corrected chi connectivity index (χ2v) is 7.48. The van der Waals surface area contributed by atoms with Gasteiger partial charge < -0.3 is 14.6 Å². The Bertz CT molecular complexity index is 373. The van der Waals surface area contributed by atoms with Gasteiger partial charge in [-0.25, -0.2) is 0 Å². The van der Waals surface area contributed by atoms with Gasteiger partial charge in [-0.15, -0.1) is 0 Å². The Morgan fingerprint density at radius 1 is 1.05 bits per heavy atom. The monoisotopic (exact) mass is 296 g/mol. The number of carbonyl (C=O) groups is 1. The van der Waals surface area contributed by atoms with Gasteiger partial charge in [0.15, 0.2) is 0 Å². The molecule has 1 N–H and O–H groups in total. The minimum atomic E-state index is -0.566. The Morgan fingerprint density at radius 2 is 1.71 bits per heavy atom. The Kier molecular flexibility index (Phi) is 4.28. The summed E-state index contributed by atoms with van der Waals surface area (Å²) < 4.78 is 11.6. The zero-order valence-electron chi connectivity index (χ0n) is 13.1. The number of hydrogen-bond acceptors (Lipinski definition) is 3. The van der Waals surface area contributed by atoms with Crippen LogP contribution in [0.2, 0.25) is 0 Å². The molecule has 1 aliphatic carbocycles. The van der Waals surface area contributed by atoms with E-state index in [-0.39, 0.29) is 11.5 Å². The van der Waals surface area contributed by atoms with Crippen LogP contribution >= 0.6 is 0 Å². The second-order valence-electron chi connectivity index (χ2n) is 7.48. The maximum absolute atomic E-state index is 12.1. The molecule has 4 heteroatoms. The predicted octanol–water partition coefficient (Wildman–Crippen LogP) is 3.24. The maximum Gasteiger partial charge on any atom is 0.309 e. The van der Waals surface area contributed by atoms with Gasteiger partial charge in [-0.3, -0.25) is 4.79 Å². The van der Waals surface area contributed by atoms with Crippen LogP contribution in [0.5, 0.6) is 0 Å².